The molecule has 4 rings (SSSR count). The van der Waals surface area contributed by atoms with Gasteiger partial charge in [-0.05, 0) is 49.6 Å². The second kappa shape index (κ2) is 9.28. The van der Waals surface area contributed by atoms with Crippen LogP contribution in [0.15, 0.2) is 82.4 Å². The van der Waals surface area contributed by atoms with E-state index in [0.29, 0.717) is 23.0 Å². The maximum atomic E-state index is 13.6. The van der Waals surface area contributed by atoms with Crippen LogP contribution in [0, 0.1) is 6.92 Å². The quantitative estimate of drug-likeness (QED) is 0.493. The van der Waals surface area contributed by atoms with Crippen molar-refractivity contribution in [1.82, 2.24) is 14.5 Å². The second-order valence-electron chi connectivity index (χ2n) is 8.21. The smallest absolute Gasteiger partial charge is 0.336 e. The molecule has 1 heterocycles. The molecule has 0 fully saturated rings. The van der Waals surface area contributed by atoms with Gasteiger partial charge in [0.25, 0.3) is 5.56 Å². The fourth-order valence-corrected chi connectivity index (χ4v) is 4.14. The Hall–Kier alpha value is -3.93. The number of amides is 1. The normalized spacial score (nSPS) is 12.0. The number of para-hydroxylation sites is 1. The largest absolute Gasteiger partial charge is 0.348 e. The second-order valence-corrected chi connectivity index (χ2v) is 8.21. The highest BCUT2D eigenvalue weighted by molar-refractivity contribution is 5.82. The van der Waals surface area contributed by atoms with E-state index in [-0.39, 0.29) is 24.1 Å². The summed E-state index contributed by atoms with van der Waals surface area (Å²) in [4.78, 5) is 40.0. The average Bonchev–Trinajstić information content (AvgIpc) is 2.83. The summed E-state index contributed by atoms with van der Waals surface area (Å²) in [5.74, 6) is -0.302. The number of rotatable bonds is 6. The Morgan fingerprint density at radius 2 is 1.67 bits per heavy atom. The van der Waals surface area contributed by atoms with Gasteiger partial charge >= 0.3 is 5.69 Å². The predicted octanol–water partition coefficient (Wildman–Crippen LogP) is 3.90. The molecule has 1 N–H and O–H groups in total. The molecule has 0 spiro atoms. The van der Waals surface area contributed by atoms with Crippen molar-refractivity contribution in [3.8, 4) is 5.69 Å². The Morgan fingerprint density at radius 1 is 0.970 bits per heavy atom. The van der Waals surface area contributed by atoms with Crippen LogP contribution < -0.4 is 16.6 Å². The number of fused-ring (bicyclic) bond motifs is 1. The van der Waals surface area contributed by atoms with E-state index in [1.807, 2.05) is 69.3 Å². The van der Waals surface area contributed by atoms with Crippen molar-refractivity contribution in [2.45, 2.75) is 39.8 Å². The van der Waals surface area contributed by atoms with Crippen molar-refractivity contribution in [3.05, 3.63) is 110 Å². The lowest BCUT2D eigenvalue weighted by Gasteiger charge is -2.18. The lowest BCUT2D eigenvalue weighted by atomic mass is 10.1. The first-order valence-electron chi connectivity index (χ1n) is 11.1. The van der Waals surface area contributed by atoms with Crippen LogP contribution in [-0.2, 0) is 17.8 Å². The summed E-state index contributed by atoms with van der Waals surface area (Å²) in [5.41, 5.74) is 2.85. The van der Waals surface area contributed by atoms with Gasteiger partial charge in [0.05, 0.1) is 22.6 Å². The maximum absolute atomic E-state index is 13.6. The van der Waals surface area contributed by atoms with Gasteiger partial charge < -0.3 is 5.32 Å². The molecule has 0 saturated heterocycles. The monoisotopic (exact) mass is 441 g/mol. The molecule has 0 aliphatic rings. The SMILES string of the molecule is CCc1ccccc1-n1c(=O)c2cc(C)ccc2n(CC(=O)NC(C)c2ccccc2)c1=O. The van der Waals surface area contributed by atoms with Gasteiger partial charge in [-0.1, -0.05) is 67.1 Å². The molecule has 6 heteroatoms. The van der Waals surface area contributed by atoms with E-state index >= 15 is 0 Å². The first-order chi connectivity index (χ1) is 15.9. The molecule has 0 saturated carbocycles. The Morgan fingerprint density at radius 3 is 2.39 bits per heavy atom. The molecule has 0 radical (unpaired) electrons. The fraction of sp³-hybridized carbons (Fsp3) is 0.222. The number of hydrogen-bond acceptors (Lipinski definition) is 3. The number of carbonyl (C=O) groups is 1. The van der Waals surface area contributed by atoms with Gasteiger partial charge in [0.2, 0.25) is 5.91 Å². The highest BCUT2D eigenvalue weighted by Crippen LogP contribution is 2.16. The molecule has 4 aromatic rings. The third-order valence-electron chi connectivity index (χ3n) is 5.89. The lowest BCUT2D eigenvalue weighted by Crippen LogP contribution is -2.42. The van der Waals surface area contributed by atoms with Crippen molar-refractivity contribution >= 4 is 16.8 Å². The summed E-state index contributed by atoms with van der Waals surface area (Å²) < 4.78 is 2.57. The highest BCUT2D eigenvalue weighted by Gasteiger charge is 2.19. The zero-order valence-corrected chi connectivity index (χ0v) is 19.0. The summed E-state index contributed by atoms with van der Waals surface area (Å²) in [5, 5.41) is 3.37. The Bertz CT molecular complexity index is 1430. The number of benzene rings is 3. The summed E-state index contributed by atoms with van der Waals surface area (Å²) in [7, 11) is 0. The highest BCUT2D eigenvalue weighted by atomic mass is 16.2. The van der Waals surface area contributed by atoms with Crippen LogP contribution in [0.1, 0.15) is 36.6 Å². The molecule has 1 amide bonds. The standard InChI is InChI=1S/C27H27N3O3/c1-4-20-10-8-9-13-23(20)30-26(32)22-16-18(2)14-15-24(22)29(27(30)33)17-25(31)28-19(3)21-11-6-5-7-12-21/h5-16,19H,4,17H2,1-3H3,(H,28,31). The van der Waals surface area contributed by atoms with E-state index in [4.69, 9.17) is 0 Å². The number of aromatic nitrogens is 2. The van der Waals surface area contributed by atoms with Gasteiger partial charge in [-0.15, -0.1) is 0 Å². The Balaban J connectivity index is 1.83. The predicted molar refractivity (Wildman–Crippen MR) is 131 cm³/mol. The van der Waals surface area contributed by atoms with Crippen molar-refractivity contribution in [2.75, 3.05) is 0 Å². The van der Waals surface area contributed by atoms with Gasteiger partial charge in [0.1, 0.15) is 6.54 Å². The van der Waals surface area contributed by atoms with Gasteiger partial charge in [0.15, 0.2) is 0 Å². The molecule has 0 aliphatic heterocycles. The number of nitrogens with zero attached hydrogens (tertiary/aromatic N) is 2. The van der Waals surface area contributed by atoms with E-state index in [1.165, 1.54) is 9.13 Å². The minimum absolute atomic E-state index is 0.190. The first kappa shape index (κ1) is 22.3. The summed E-state index contributed by atoms with van der Waals surface area (Å²) in [6.45, 7) is 5.58. The molecule has 1 unspecified atom stereocenters. The molecule has 1 aromatic heterocycles. The zero-order valence-electron chi connectivity index (χ0n) is 19.0. The van der Waals surface area contributed by atoms with Gasteiger partial charge in [-0.2, -0.15) is 0 Å². The minimum atomic E-state index is -0.528. The molecular formula is C27H27N3O3. The first-order valence-corrected chi connectivity index (χ1v) is 11.1. The molecule has 1 atom stereocenters. The van der Waals surface area contributed by atoms with E-state index in [2.05, 4.69) is 5.32 Å². The van der Waals surface area contributed by atoms with Crippen LogP contribution in [0.4, 0.5) is 0 Å². The van der Waals surface area contributed by atoms with Gasteiger partial charge in [-0.3, -0.25) is 14.2 Å². The van der Waals surface area contributed by atoms with Crippen LogP contribution in [0.2, 0.25) is 0 Å². The van der Waals surface area contributed by atoms with Crippen LogP contribution in [-0.4, -0.2) is 15.0 Å². The molecule has 33 heavy (non-hydrogen) atoms. The van der Waals surface area contributed by atoms with Crippen LogP contribution >= 0.6 is 0 Å². The van der Waals surface area contributed by atoms with Gasteiger partial charge in [0, 0.05) is 0 Å². The maximum Gasteiger partial charge on any atom is 0.336 e. The molecule has 6 nitrogen and oxygen atoms in total. The molecule has 168 valence electrons. The molecule has 3 aromatic carbocycles. The Labute approximate surface area is 192 Å². The lowest BCUT2D eigenvalue weighted by molar-refractivity contribution is -0.122. The Kier molecular flexibility index (Phi) is 6.27. The van der Waals surface area contributed by atoms with Crippen LogP contribution in [0.5, 0.6) is 0 Å². The van der Waals surface area contributed by atoms with Crippen molar-refractivity contribution in [2.24, 2.45) is 0 Å². The number of hydrogen-bond donors (Lipinski definition) is 1. The van der Waals surface area contributed by atoms with E-state index in [1.54, 1.807) is 24.3 Å². The minimum Gasteiger partial charge on any atom is -0.348 e. The number of aryl methyl sites for hydroxylation is 2. The van der Waals surface area contributed by atoms with E-state index < -0.39 is 5.69 Å². The summed E-state index contributed by atoms with van der Waals surface area (Å²) in [6, 6.07) is 22.1. The molecule has 0 bridgehead atoms. The average molecular weight is 442 g/mol. The van der Waals surface area contributed by atoms with Crippen molar-refractivity contribution in [1.29, 1.82) is 0 Å². The van der Waals surface area contributed by atoms with Crippen LogP contribution in [0.25, 0.3) is 16.6 Å². The topological polar surface area (TPSA) is 73.1 Å². The van der Waals surface area contributed by atoms with Crippen LogP contribution in [0.3, 0.4) is 0 Å². The van der Waals surface area contributed by atoms with Crippen molar-refractivity contribution in [3.63, 3.8) is 0 Å². The third-order valence-corrected chi connectivity index (χ3v) is 5.89. The summed E-state index contributed by atoms with van der Waals surface area (Å²) >= 11 is 0. The fourth-order valence-electron chi connectivity index (χ4n) is 4.14. The molecular weight excluding hydrogens is 414 g/mol. The zero-order chi connectivity index (χ0) is 23.5. The third kappa shape index (κ3) is 4.37. The van der Waals surface area contributed by atoms with Crippen molar-refractivity contribution < 1.29 is 4.79 Å². The van der Waals surface area contributed by atoms with Gasteiger partial charge in [-0.25, -0.2) is 9.36 Å². The molecule has 0 aliphatic carbocycles. The van der Waals surface area contributed by atoms with E-state index in [0.717, 1.165) is 16.7 Å². The number of carbonyl (C=O) groups excluding carboxylic acids is 1. The summed E-state index contributed by atoms with van der Waals surface area (Å²) in [6.07, 6.45) is 0.670. The van der Waals surface area contributed by atoms with E-state index in [9.17, 15) is 14.4 Å². The number of nitrogens with one attached hydrogen (secondary N) is 1.